The molecule has 0 spiro atoms. The summed E-state index contributed by atoms with van der Waals surface area (Å²) in [6.07, 6.45) is 0. The van der Waals surface area contributed by atoms with Crippen LogP contribution in [0.5, 0.6) is 17.2 Å². The second-order valence-corrected chi connectivity index (χ2v) is 12.0. The zero-order valence-corrected chi connectivity index (χ0v) is 26.3. The smallest absolute Gasteiger partial charge is 0.339 e. The van der Waals surface area contributed by atoms with Crippen LogP contribution in [0.25, 0.3) is 21.9 Å². The van der Waals surface area contributed by atoms with E-state index in [4.69, 9.17) is 5.11 Å². The second-order valence-electron chi connectivity index (χ2n) is 10.6. The van der Waals surface area contributed by atoms with Crippen LogP contribution in [0.15, 0.2) is 151 Å². The van der Waals surface area contributed by atoms with Gasteiger partial charge in [0.25, 0.3) is 10.1 Å². The van der Waals surface area contributed by atoms with E-state index in [9.17, 15) is 33.1 Å². The van der Waals surface area contributed by atoms with E-state index in [1.807, 2.05) is 24.3 Å². The summed E-state index contributed by atoms with van der Waals surface area (Å²) in [6, 6.07) is 29.7. The molecule has 5 N–H and O–H groups in total. The molecule has 248 valence electrons. The molecule has 0 bridgehead atoms. The number of carboxylic acids is 1. The number of aromatic hydroxyl groups is 3. The number of nitrogens with zero attached hydrogens (tertiary/aromatic N) is 6. The van der Waals surface area contributed by atoms with Crippen LogP contribution in [0.2, 0.25) is 0 Å². The predicted octanol–water partition coefficient (Wildman–Crippen LogP) is 9.81. The number of phenols is 3. The molecule has 0 aliphatic carbocycles. The van der Waals surface area contributed by atoms with Crippen molar-refractivity contribution in [2.45, 2.75) is 4.90 Å². The van der Waals surface area contributed by atoms with E-state index in [1.54, 1.807) is 42.5 Å². The maximum absolute atomic E-state index is 11.8. The molecule has 0 unspecified atom stereocenters. The zero-order chi connectivity index (χ0) is 35.4. The fourth-order valence-corrected chi connectivity index (χ4v) is 5.53. The van der Waals surface area contributed by atoms with Crippen LogP contribution in [0.1, 0.15) is 10.4 Å². The fraction of sp³-hybridized carbons (Fsp3) is 0. The van der Waals surface area contributed by atoms with Crippen LogP contribution in [0.3, 0.4) is 0 Å². The molecule has 0 saturated carbocycles. The van der Waals surface area contributed by atoms with Gasteiger partial charge < -0.3 is 20.4 Å². The average molecular weight is 689 g/mol. The maximum Gasteiger partial charge on any atom is 0.339 e. The SMILES string of the molecule is O=C(O)c1cc(N=Nc2ccc(-c3ccc(N=Nc4ccc(O)c(N=Nc5ccc(S(=O)(=O)O)c6ccccc56)c4O)cc3)cc2)ccc1O. The lowest BCUT2D eigenvalue weighted by atomic mass is 10.1. The van der Waals surface area contributed by atoms with Gasteiger partial charge in [0.1, 0.15) is 27.6 Å². The topological polar surface area (TPSA) is 227 Å². The Kier molecular flexibility index (Phi) is 9.07. The molecule has 0 atom stereocenters. The van der Waals surface area contributed by atoms with Gasteiger partial charge in [-0.25, -0.2) is 4.79 Å². The van der Waals surface area contributed by atoms with Gasteiger partial charge in [-0.3, -0.25) is 4.55 Å². The molecule has 15 heteroatoms. The standard InChI is InChI=1S/C35H24N6O8S/c42-30-16-13-24(19-27(30)35(45)46)38-36-22-9-5-20(6-10-22)21-7-11-23(12-8-21)37-40-29-14-17-31(43)33(34(29)44)41-39-28-15-18-32(50(47,48)49)26-4-2-1-3-25(26)28/h1-19,42-44H,(H,45,46)(H,47,48,49). The van der Waals surface area contributed by atoms with Crippen LogP contribution >= 0.6 is 0 Å². The Morgan fingerprint density at radius 1 is 0.540 bits per heavy atom. The summed E-state index contributed by atoms with van der Waals surface area (Å²) < 4.78 is 33.2. The Balaban J connectivity index is 1.17. The highest BCUT2D eigenvalue weighted by Gasteiger charge is 2.17. The summed E-state index contributed by atoms with van der Waals surface area (Å²) >= 11 is 0. The number of hydrogen-bond acceptors (Lipinski definition) is 12. The molecule has 6 aromatic carbocycles. The number of rotatable bonds is 9. The first kappa shape index (κ1) is 33.1. The van der Waals surface area contributed by atoms with Gasteiger partial charge in [0.05, 0.1) is 22.7 Å². The van der Waals surface area contributed by atoms with Gasteiger partial charge in [0.2, 0.25) is 0 Å². The predicted molar refractivity (Wildman–Crippen MR) is 183 cm³/mol. The second kappa shape index (κ2) is 13.7. The van der Waals surface area contributed by atoms with Gasteiger partial charge in [-0.15, -0.1) is 15.3 Å². The van der Waals surface area contributed by atoms with E-state index in [2.05, 4.69) is 30.7 Å². The van der Waals surface area contributed by atoms with E-state index < -0.39 is 21.8 Å². The zero-order valence-electron chi connectivity index (χ0n) is 25.5. The van der Waals surface area contributed by atoms with E-state index in [1.165, 1.54) is 48.5 Å². The van der Waals surface area contributed by atoms with Crippen molar-refractivity contribution in [2.24, 2.45) is 30.7 Å². The summed E-state index contributed by atoms with van der Waals surface area (Å²) in [5, 5.41) is 65.1. The molecule has 0 radical (unpaired) electrons. The highest BCUT2D eigenvalue weighted by atomic mass is 32.2. The van der Waals surface area contributed by atoms with Crippen molar-refractivity contribution in [3.8, 4) is 28.4 Å². The quantitative estimate of drug-likeness (QED) is 0.0723. The van der Waals surface area contributed by atoms with Gasteiger partial charge in [0, 0.05) is 10.8 Å². The average Bonchev–Trinajstić information content (AvgIpc) is 3.10. The summed E-state index contributed by atoms with van der Waals surface area (Å²) in [5.74, 6) is -2.50. The minimum atomic E-state index is -4.49. The molecule has 50 heavy (non-hydrogen) atoms. The van der Waals surface area contributed by atoms with Crippen LogP contribution < -0.4 is 0 Å². The Morgan fingerprint density at radius 3 is 1.68 bits per heavy atom. The molecule has 6 aromatic rings. The van der Waals surface area contributed by atoms with Gasteiger partial charge >= 0.3 is 5.97 Å². The molecule has 0 amide bonds. The third kappa shape index (κ3) is 7.18. The number of benzene rings is 6. The molecule has 0 saturated heterocycles. The third-order valence-corrected chi connectivity index (χ3v) is 8.25. The first-order valence-corrected chi connectivity index (χ1v) is 16.0. The molecule has 0 heterocycles. The normalized spacial score (nSPS) is 12.0. The lowest BCUT2D eigenvalue weighted by Crippen LogP contribution is -1.98. The number of fused-ring (bicyclic) bond motifs is 1. The van der Waals surface area contributed by atoms with Gasteiger partial charge in [-0.1, -0.05) is 48.5 Å². The van der Waals surface area contributed by atoms with Crippen molar-refractivity contribution in [3.63, 3.8) is 0 Å². The lowest BCUT2D eigenvalue weighted by molar-refractivity contribution is 0.0693. The van der Waals surface area contributed by atoms with Crippen LogP contribution in [-0.2, 0) is 10.1 Å². The van der Waals surface area contributed by atoms with Crippen molar-refractivity contribution >= 4 is 61.0 Å². The van der Waals surface area contributed by atoms with E-state index in [-0.39, 0.29) is 50.1 Å². The Bertz CT molecular complexity index is 2470. The number of aromatic carboxylic acids is 1. The van der Waals surface area contributed by atoms with Gasteiger partial charge in [-0.05, 0) is 77.9 Å². The number of azo groups is 3. The summed E-state index contributed by atoms with van der Waals surface area (Å²) in [5.41, 5.74) is 2.68. The minimum absolute atomic E-state index is 0.00338. The number of carboxylic acid groups (broad SMARTS) is 1. The first-order chi connectivity index (χ1) is 24.0. The van der Waals surface area contributed by atoms with E-state index >= 15 is 0 Å². The summed E-state index contributed by atoms with van der Waals surface area (Å²) in [4.78, 5) is 10.9. The maximum atomic E-state index is 11.8. The molecule has 0 aliphatic heterocycles. The highest BCUT2D eigenvalue weighted by Crippen LogP contribution is 2.44. The van der Waals surface area contributed by atoms with Crippen molar-refractivity contribution < 1.29 is 38.2 Å². The molecule has 6 rings (SSSR count). The number of hydrogen-bond donors (Lipinski definition) is 5. The van der Waals surface area contributed by atoms with E-state index in [0.29, 0.717) is 16.8 Å². The largest absolute Gasteiger partial charge is 0.507 e. The van der Waals surface area contributed by atoms with Gasteiger partial charge in [0.15, 0.2) is 11.4 Å². The molecule has 14 nitrogen and oxygen atoms in total. The monoisotopic (exact) mass is 688 g/mol. The summed E-state index contributed by atoms with van der Waals surface area (Å²) in [7, 11) is -4.49. The summed E-state index contributed by atoms with van der Waals surface area (Å²) in [6.45, 7) is 0. The first-order valence-electron chi connectivity index (χ1n) is 14.5. The minimum Gasteiger partial charge on any atom is -0.507 e. The van der Waals surface area contributed by atoms with Crippen LogP contribution in [0.4, 0.5) is 34.1 Å². The fourth-order valence-electron chi connectivity index (χ4n) is 4.83. The Morgan fingerprint density at radius 2 is 1.06 bits per heavy atom. The lowest BCUT2D eigenvalue weighted by Gasteiger charge is -2.07. The molecule has 0 aromatic heterocycles. The number of phenolic OH excluding ortho intramolecular Hbond substituents is 2. The van der Waals surface area contributed by atoms with Crippen LogP contribution in [0, 0.1) is 0 Å². The van der Waals surface area contributed by atoms with Crippen molar-refractivity contribution in [2.75, 3.05) is 0 Å². The van der Waals surface area contributed by atoms with Crippen LogP contribution in [-0.4, -0.2) is 39.4 Å². The molecule has 0 aliphatic rings. The van der Waals surface area contributed by atoms with Gasteiger partial charge in [-0.2, -0.15) is 23.8 Å². The Labute approximate surface area is 283 Å². The van der Waals surface area contributed by atoms with E-state index in [0.717, 1.165) is 11.1 Å². The highest BCUT2D eigenvalue weighted by molar-refractivity contribution is 7.86. The van der Waals surface area contributed by atoms with Crippen molar-refractivity contribution in [1.29, 1.82) is 0 Å². The number of carbonyl (C=O) groups is 1. The molecule has 0 fully saturated rings. The Hall–Kier alpha value is -6.84. The third-order valence-electron chi connectivity index (χ3n) is 7.34. The molecular weight excluding hydrogens is 664 g/mol. The van der Waals surface area contributed by atoms with Crippen molar-refractivity contribution in [1.82, 2.24) is 0 Å². The molecular formula is C35H24N6O8S. The van der Waals surface area contributed by atoms with Crippen molar-refractivity contribution in [3.05, 3.63) is 121 Å².